The average Bonchev–Trinajstić information content (AvgIpc) is 3.03. The summed E-state index contributed by atoms with van der Waals surface area (Å²) in [5, 5.41) is 11.8. The molecule has 140 valence electrons. The molecular weight excluding hydrogens is 346 g/mol. The zero-order chi connectivity index (χ0) is 19.2. The highest BCUT2D eigenvalue weighted by Gasteiger charge is 2.34. The average molecular weight is 367 g/mol. The third-order valence-electron chi connectivity index (χ3n) is 4.58. The third-order valence-corrected chi connectivity index (χ3v) is 4.58. The van der Waals surface area contributed by atoms with Crippen LogP contribution in [0.2, 0.25) is 0 Å². The maximum Gasteiger partial charge on any atom is 0.335 e. The lowest BCUT2D eigenvalue weighted by Crippen LogP contribution is -2.34. The largest absolute Gasteiger partial charge is 0.478 e. The summed E-state index contributed by atoms with van der Waals surface area (Å²) in [5.41, 5.74) is 1.98. The van der Waals surface area contributed by atoms with Crippen LogP contribution in [-0.4, -0.2) is 45.9 Å². The molecule has 1 saturated heterocycles. The Hall–Kier alpha value is -3.22. The molecule has 7 heteroatoms. The van der Waals surface area contributed by atoms with Crippen LogP contribution in [0.5, 0.6) is 0 Å². The van der Waals surface area contributed by atoms with Crippen molar-refractivity contribution in [3.63, 3.8) is 0 Å². The molecular formula is C20H21N3O4. The zero-order valence-electron chi connectivity index (χ0n) is 14.8. The molecule has 2 amide bonds. The summed E-state index contributed by atoms with van der Waals surface area (Å²) in [5.74, 6) is -1.48. The van der Waals surface area contributed by atoms with Gasteiger partial charge in [0.15, 0.2) is 0 Å². The normalized spacial score (nSPS) is 16.4. The number of carbonyl (C=O) groups is 3. The van der Waals surface area contributed by atoms with Gasteiger partial charge in [0.1, 0.15) is 0 Å². The number of hydrogen-bond donors (Lipinski definition) is 2. The monoisotopic (exact) mass is 367 g/mol. The first-order valence-corrected chi connectivity index (χ1v) is 8.80. The minimum atomic E-state index is -0.962. The molecule has 0 saturated carbocycles. The quantitative estimate of drug-likeness (QED) is 0.772. The number of pyridine rings is 1. The molecule has 27 heavy (non-hydrogen) atoms. The van der Waals surface area contributed by atoms with Gasteiger partial charge in [-0.3, -0.25) is 14.6 Å². The van der Waals surface area contributed by atoms with E-state index in [2.05, 4.69) is 10.3 Å². The van der Waals surface area contributed by atoms with Crippen LogP contribution in [0.1, 0.15) is 28.0 Å². The van der Waals surface area contributed by atoms with Gasteiger partial charge >= 0.3 is 5.97 Å². The van der Waals surface area contributed by atoms with E-state index in [1.54, 1.807) is 35.4 Å². The lowest BCUT2D eigenvalue weighted by Gasteiger charge is -2.16. The predicted molar refractivity (Wildman–Crippen MR) is 97.9 cm³/mol. The first-order valence-electron chi connectivity index (χ1n) is 8.80. The van der Waals surface area contributed by atoms with Gasteiger partial charge in [-0.25, -0.2) is 4.79 Å². The van der Waals surface area contributed by atoms with Crippen molar-refractivity contribution in [2.45, 2.75) is 19.4 Å². The molecule has 0 radical (unpaired) electrons. The second kappa shape index (κ2) is 8.44. The van der Waals surface area contributed by atoms with Gasteiger partial charge in [0.2, 0.25) is 11.8 Å². The molecule has 2 heterocycles. The molecule has 2 N–H and O–H groups in total. The van der Waals surface area contributed by atoms with E-state index in [0.29, 0.717) is 26.1 Å². The molecule has 1 aliphatic rings. The number of amides is 2. The van der Waals surface area contributed by atoms with Crippen LogP contribution in [0.15, 0.2) is 48.7 Å². The lowest BCUT2D eigenvalue weighted by atomic mass is 10.1. The van der Waals surface area contributed by atoms with Crippen molar-refractivity contribution in [1.29, 1.82) is 0 Å². The molecule has 1 atom stereocenters. The first kappa shape index (κ1) is 18.6. The number of nitrogens with zero attached hydrogens (tertiary/aromatic N) is 2. The van der Waals surface area contributed by atoms with Crippen molar-refractivity contribution < 1.29 is 19.5 Å². The van der Waals surface area contributed by atoms with E-state index < -0.39 is 5.97 Å². The number of carbonyl (C=O) groups excluding carboxylic acids is 2. The molecule has 2 aromatic rings. The topological polar surface area (TPSA) is 99.6 Å². The van der Waals surface area contributed by atoms with Gasteiger partial charge in [0.25, 0.3) is 0 Å². The number of carboxylic acid groups (broad SMARTS) is 1. The van der Waals surface area contributed by atoms with Gasteiger partial charge in [0, 0.05) is 25.7 Å². The smallest absolute Gasteiger partial charge is 0.335 e. The van der Waals surface area contributed by atoms with Gasteiger partial charge in [-0.2, -0.15) is 0 Å². The van der Waals surface area contributed by atoms with Crippen LogP contribution in [0.25, 0.3) is 0 Å². The van der Waals surface area contributed by atoms with E-state index in [-0.39, 0.29) is 29.7 Å². The Balaban J connectivity index is 1.45. The molecule has 1 unspecified atom stereocenters. The van der Waals surface area contributed by atoms with E-state index >= 15 is 0 Å². The zero-order valence-corrected chi connectivity index (χ0v) is 14.8. The molecule has 1 aromatic carbocycles. The van der Waals surface area contributed by atoms with Gasteiger partial charge in [-0.15, -0.1) is 0 Å². The van der Waals surface area contributed by atoms with Crippen LogP contribution in [0.4, 0.5) is 0 Å². The third kappa shape index (κ3) is 4.91. The van der Waals surface area contributed by atoms with Crippen molar-refractivity contribution in [3.05, 3.63) is 65.5 Å². The van der Waals surface area contributed by atoms with Gasteiger partial charge in [-0.05, 0) is 36.2 Å². The van der Waals surface area contributed by atoms with Crippen molar-refractivity contribution in [2.24, 2.45) is 5.92 Å². The number of aromatic nitrogens is 1. The highest BCUT2D eigenvalue weighted by Crippen LogP contribution is 2.19. The summed E-state index contributed by atoms with van der Waals surface area (Å²) in [6.45, 7) is 1.25. The molecule has 0 aliphatic carbocycles. The number of hydrogen-bond acceptors (Lipinski definition) is 4. The maximum atomic E-state index is 12.3. The predicted octanol–water partition coefficient (Wildman–Crippen LogP) is 1.49. The van der Waals surface area contributed by atoms with Crippen LogP contribution in [-0.2, 0) is 22.6 Å². The molecule has 0 bridgehead atoms. The van der Waals surface area contributed by atoms with Crippen molar-refractivity contribution in [1.82, 2.24) is 15.2 Å². The second-order valence-corrected chi connectivity index (χ2v) is 6.54. The molecule has 0 spiro atoms. The van der Waals surface area contributed by atoms with E-state index in [1.807, 2.05) is 18.2 Å². The fourth-order valence-corrected chi connectivity index (χ4v) is 3.08. The summed E-state index contributed by atoms with van der Waals surface area (Å²) in [4.78, 5) is 41.2. The second-order valence-electron chi connectivity index (χ2n) is 6.54. The molecule has 1 aliphatic heterocycles. The minimum Gasteiger partial charge on any atom is -0.478 e. The summed E-state index contributed by atoms with van der Waals surface area (Å²) in [7, 11) is 0. The molecule has 1 aromatic heterocycles. The number of benzene rings is 1. The minimum absolute atomic E-state index is 0.0370. The standard InChI is InChI=1S/C20H21N3O4/c24-18-11-16(12-23(18)13-17-3-1-2-9-21-17)19(25)22-10-8-14-4-6-15(7-5-14)20(26)27/h1-7,9,16H,8,10-13H2,(H,22,25)(H,26,27). The summed E-state index contributed by atoms with van der Waals surface area (Å²) >= 11 is 0. The van der Waals surface area contributed by atoms with Crippen LogP contribution < -0.4 is 5.32 Å². The molecule has 3 rings (SSSR count). The molecule has 7 nitrogen and oxygen atoms in total. The van der Waals surface area contributed by atoms with E-state index in [0.717, 1.165) is 11.3 Å². The number of likely N-dealkylation sites (tertiary alicyclic amines) is 1. The number of carboxylic acids is 1. The Morgan fingerprint density at radius 2 is 1.96 bits per heavy atom. The highest BCUT2D eigenvalue weighted by molar-refractivity contribution is 5.89. The number of rotatable bonds is 7. The Bertz CT molecular complexity index is 821. The fourth-order valence-electron chi connectivity index (χ4n) is 3.08. The van der Waals surface area contributed by atoms with Crippen molar-refractivity contribution >= 4 is 17.8 Å². The number of nitrogens with one attached hydrogen (secondary N) is 1. The van der Waals surface area contributed by atoms with Crippen molar-refractivity contribution in [3.8, 4) is 0 Å². The van der Waals surface area contributed by atoms with Crippen LogP contribution >= 0.6 is 0 Å². The SMILES string of the molecule is O=C(O)c1ccc(CCNC(=O)C2CC(=O)N(Cc3ccccn3)C2)cc1. The van der Waals surface area contributed by atoms with Crippen molar-refractivity contribution in [2.75, 3.05) is 13.1 Å². The highest BCUT2D eigenvalue weighted by atomic mass is 16.4. The fraction of sp³-hybridized carbons (Fsp3) is 0.300. The summed E-state index contributed by atoms with van der Waals surface area (Å²) < 4.78 is 0. The van der Waals surface area contributed by atoms with E-state index in [1.165, 1.54) is 0 Å². The van der Waals surface area contributed by atoms with Crippen LogP contribution in [0.3, 0.4) is 0 Å². The number of aromatic carboxylic acids is 1. The van der Waals surface area contributed by atoms with E-state index in [4.69, 9.17) is 5.11 Å². The van der Waals surface area contributed by atoms with Gasteiger partial charge in [0.05, 0.1) is 23.7 Å². The summed E-state index contributed by atoms with van der Waals surface area (Å²) in [6.07, 6.45) is 2.50. The van der Waals surface area contributed by atoms with E-state index in [9.17, 15) is 14.4 Å². The Morgan fingerprint density at radius 3 is 2.63 bits per heavy atom. The Labute approximate surface area is 157 Å². The first-order chi connectivity index (χ1) is 13.0. The Kier molecular flexibility index (Phi) is 5.80. The van der Waals surface area contributed by atoms with Crippen LogP contribution in [0, 0.1) is 5.92 Å². The lowest BCUT2D eigenvalue weighted by molar-refractivity contribution is -0.129. The van der Waals surface area contributed by atoms with Gasteiger partial charge < -0.3 is 15.3 Å². The maximum absolute atomic E-state index is 12.3. The van der Waals surface area contributed by atoms with Gasteiger partial charge in [-0.1, -0.05) is 18.2 Å². The Morgan fingerprint density at radius 1 is 1.19 bits per heavy atom. The summed E-state index contributed by atoms with van der Waals surface area (Å²) in [6, 6.07) is 12.1. The molecule has 1 fully saturated rings.